The second-order valence-electron chi connectivity index (χ2n) is 5.49. The van der Waals surface area contributed by atoms with E-state index >= 15 is 0 Å². The lowest BCUT2D eigenvalue weighted by molar-refractivity contribution is -0.123. The van der Waals surface area contributed by atoms with Crippen molar-refractivity contribution in [3.8, 4) is 0 Å². The fourth-order valence-corrected chi connectivity index (χ4v) is 4.19. The zero-order valence-electron chi connectivity index (χ0n) is 11.4. The van der Waals surface area contributed by atoms with Gasteiger partial charge in [-0.25, -0.2) is 0 Å². The Balaban J connectivity index is 1.66. The molecular formula is C15H19NO2S2. The Kier molecular flexibility index (Phi) is 4.58. The normalized spacial score (nSPS) is 32.6. The fraction of sp³-hybridized carbons (Fsp3) is 0.600. The van der Waals surface area contributed by atoms with Crippen LogP contribution in [-0.2, 0) is 9.53 Å². The summed E-state index contributed by atoms with van der Waals surface area (Å²) in [4.78, 5) is 15.0. The molecule has 20 heavy (non-hydrogen) atoms. The Morgan fingerprint density at radius 1 is 1.45 bits per heavy atom. The van der Waals surface area contributed by atoms with Gasteiger partial charge in [0.1, 0.15) is 4.32 Å². The SMILES string of the molecule is O=C1/C(=C/[C@H]2CC=CCC2)SC(=S)N1C[C@H]1CCCO1. The van der Waals surface area contributed by atoms with Crippen molar-refractivity contribution < 1.29 is 9.53 Å². The number of rotatable bonds is 3. The van der Waals surface area contributed by atoms with Crippen LogP contribution >= 0.6 is 24.0 Å². The predicted octanol–water partition coefficient (Wildman–Crippen LogP) is 3.27. The zero-order chi connectivity index (χ0) is 13.9. The van der Waals surface area contributed by atoms with Gasteiger partial charge in [0.2, 0.25) is 0 Å². The highest BCUT2D eigenvalue weighted by Crippen LogP contribution is 2.34. The maximum Gasteiger partial charge on any atom is 0.265 e. The van der Waals surface area contributed by atoms with E-state index in [0.717, 1.165) is 43.6 Å². The van der Waals surface area contributed by atoms with E-state index in [2.05, 4.69) is 18.2 Å². The first-order valence-corrected chi connectivity index (χ1v) is 8.48. The first-order chi connectivity index (χ1) is 9.74. The van der Waals surface area contributed by atoms with Crippen LogP contribution in [0.3, 0.4) is 0 Å². The Bertz CT molecular complexity index is 466. The topological polar surface area (TPSA) is 29.5 Å². The summed E-state index contributed by atoms with van der Waals surface area (Å²) in [6.45, 7) is 1.43. The molecule has 0 bridgehead atoms. The number of carbonyl (C=O) groups excluding carboxylic acids is 1. The Labute approximate surface area is 129 Å². The number of hydrogen-bond donors (Lipinski definition) is 0. The van der Waals surface area contributed by atoms with Gasteiger partial charge in [0.15, 0.2) is 0 Å². The summed E-state index contributed by atoms with van der Waals surface area (Å²) in [5.41, 5.74) is 0. The summed E-state index contributed by atoms with van der Waals surface area (Å²) in [6.07, 6.45) is 12.1. The van der Waals surface area contributed by atoms with Crippen molar-refractivity contribution in [1.29, 1.82) is 0 Å². The largest absolute Gasteiger partial charge is 0.376 e. The lowest BCUT2D eigenvalue weighted by Crippen LogP contribution is -2.35. The molecule has 0 aromatic heterocycles. The highest BCUT2D eigenvalue weighted by atomic mass is 32.2. The van der Waals surface area contributed by atoms with Gasteiger partial charge in [-0.05, 0) is 38.0 Å². The molecule has 2 heterocycles. The van der Waals surface area contributed by atoms with Crippen molar-refractivity contribution >= 4 is 34.2 Å². The number of carbonyl (C=O) groups is 1. The number of amides is 1. The summed E-state index contributed by atoms with van der Waals surface area (Å²) in [5.74, 6) is 0.557. The average Bonchev–Trinajstić information content (AvgIpc) is 3.05. The van der Waals surface area contributed by atoms with Crippen molar-refractivity contribution in [3.05, 3.63) is 23.1 Å². The van der Waals surface area contributed by atoms with E-state index in [1.54, 1.807) is 4.90 Å². The summed E-state index contributed by atoms with van der Waals surface area (Å²) >= 11 is 6.80. The maximum atomic E-state index is 12.5. The van der Waals surface area contributed by atoms with Gasteiger partial charge in [-0.15, -0.1) is 0 Å². The second-order valence-corrected chi connectivity index (χ2v) is 7.17. The van der Waals surface area contributed by atoms with E-state index in [-0.39, 0.29) is 12.0 Å². The number of ether oxygens (including phenoxy) is 1. The highest BCUT2D eigenvalue weighted by Gasteiger charge is 2.34. The van der Waals surface area contributed by atoms with Gasteiger partial charge in [0.25, 0.3) is 5.91 Å². The van der Waals surface area contributed by atoms with Crippen molar-refractivity contribution in [2.24, 2.45) is 5.92 Å². The molecule has 3 nitrogen and oxygen atoms in total. The molecule has 2 aliphatic heterocycles. The van der Waals surface area contributed by atoms with Gasteiger partial charge in [0, 0.05) is 6.61 Å². The van der Waals surface area contributed by atoms with Crippen LogP contribution in [0.2, 0.25) is 0 Å². The summed E-state index contributed by atoms with van der Waals surface area (Å²) < 4.78 is 6.29. The van der Waals surface area contributed by atoms with Gasteiger partial charge in [-0.2, -0.15) is 0 Å². The maximum absolute atomic E-state index is 12.5. The molecule has 0 aromatic rings. The molecule has 2 atom stereocenters. The molecular weight excluding hydrogens is 290 g/mol. The smallest absolute Gasteiger partial charge is 0.265 e. The molecule has 2 saturated heterocycles. The minimum Gasteiger partial charge on any atom is -0.376 e. The third kappa shape index (κ3) is 3.15. The number of allylic oxidation sites excluding steroid dienone is 3. The molecule has 0 aromatic carbocycles. The molecule has 0 radical (unpaired) electrons. The molecule has 1 amide bonds. The fourth-order valence-electron chi connectivity index (χ4n) is 2.85. The molecule has 2 fully saturated rings. The van der Waals surface area contributed by atoms with Gasteiger partial charge >= 0.3 is 0 Å². The van der Waals surface area contributed by atoms with Gasteiger partial charge < -0.3 is 4.74 Å². The van der Waals surface area contributed by atoms with Crippen LogP contribution in [0.1, 0.15) is 32.1 Å². The van der Waals surface area contributed by atoms with Crippen LogP contribution in [-0.4, -0.2) is 34.4 Å². The number of hydrogen-bond acceptors (Lipinski definition) is 4. The van der Waals surface area contributed by atoms with E-state index in [1.165, 1.54) is 11.8 Å². The first kappa shape index (κ1) is 14.3. The van der Waals surface area contributed by atoms with Crippen LogP contribution in [0.4, 0.5) is 0 Å². The second kappa shape index (κ2) is 6.41. The third-order valence-corrected chi connectivity index (χ3v) is 5.38. The summed E-state index contributed by atoms with van der Waals surface area (Å²) in [7, 11) is 0. The Hall–Kier alpha value is -0.650. The summed E-state index contributed by atoms with van der Waals surface area (Å²) in [6, 6.07) is 0. The Morgan fingerprint density at radius 3 is 3.05 bits per heavy atom. The van der Waals surface area contributed by atoms with E-state index in [1.807, 2.05) is 0 Å². The van der Waals surface area contributed by atoms with Crippen LogP contribution in [0.15, 0.2) is 23.1 Å². The number of nitrogens with zero attached hydrogens (tertiary/aromatic N) is 1. The zero-order valence-corrected chi connectivity index (χ0v) is 13.0. The van der Waals surface area contributed by atoms with Crippen molar-refractivity contribution in [3.63, 3.8) is 0 Å². The number of thioether (sulfide) groups is 1. The van der Waals surface area contributed by atoms with Gasteiger partial charge in [-0.3, -0.25) is 9.69 Å². The third-order valence-electron chi connectivity index (χ3n) is 3.98. The summed E-state index contributed by atoms with van der Waals surface area (Å²) in [5, 5.41) is 0. The lowest BCUT2D eigenvalue weighted by Gasteiger charge is -2.18. The number of thiocarbonyl (C=S) groups is 1. The van der Waals surface area contributed by atoms with E-state index in [0.29, 0.717) is 16.8 Å². The predicted molar refractivity (Wildman–Crippen MR) is 85.4 cm³/mol. The lowest BCUT2D eigenvalue weighted by atomic mass is 9.94. The first-order valence-electron chi connectivity index (χ1n) is 7.26. The van der Waals surface area contributed by atoms with Crippen molar-refractivity contribution in [1.82, 2.24) is 4.90 Å². The monoisotopic (exact) mass is 309 g/mol. The molecule has 0 saturated carbocycles. The van der Waals surface area contributed by atoms with Crippen LogP contribution in [0.5, 0.6) is 0 Å². The minimum atomic E-state index is 0.0741. The molecule has 3 aliphatic rings. The van der Waals surface area contributed by atoms with E-state index < -0.39 is 0 Å². The Morgan fingerprint density at radius 2 is 2.35 bits per heavy atom. The van der Waals surface area contributed by atoms with Gasteiger partial charge in [0.05, 0.1) is 17.6 Å². The molecule has 5 heteroatoms. The van der Waals surface area contributed by atoms with E-state index in [4.69, 9.17) is 17.0 Å². The standard InChI is InChI=1S/C15H19NO2S2/c17-14-13(9-11-5-2-1-3-6-11)20-15(19)16(14)10-12-7-4-8-18-12/h1-2,9,11-12H,3-8,10H2/b13-9-/t11-,12+/m0/s1. The average molecular weight is 309 g/mol. The highest BCUT2D eigenvalue weighted by molar-refractivity contribution is 8.26. The van der Waals surface area contributed by atoms with Crippen LogP contribution in [0.25, 0.3) is 0 Å². The molecule has 108 valence electrons. The molecule has 3 rings (SSSR count). The molecule has 0 N–H and O–H groups in total. The minimum absolute atomic E-state index is 0.0741. The van der Waals surface area contributed by atoms with E-state index in [9.17, 15) is 4.79 Å². The van der Waals surface area contributed by atoms with Crippen LogP contribution < -0.4 is 0 Å². The molecule has 0 unspecified atom stereocenters. The van der Waals surface area contributed by atoms with Gasteiger partial charge in [-0.1, -0.05) is 42.2 Å². The quantitative estimate of drug-likeness (QED) is 0.455. The van der Waals surface area contributed by atoms with Crippen LogP contribution in [0, 0.1) is 5.92 Å². The molecule has 1 aliphatic carbocycles. The molecule has 0 spiro atoms. The van der Waals surface area contributed by atoms with Crippen molar-refractivity contribution in [2.45, 2.75) is 38.2 Å². The van der Waals surface area contributed by atoms with Crippen molar-refractivity contribution in [2.75, 3.05) is 13.2 Å².